The average molecular weight is 308 g/mol. The molecule has 0 aliphatic carbocycles. The lowest BCUT2D eigenvalue weighted by molar-refractivity contribution is 0.412. The van der Waals surface area contributed by atoms with Crippen LogP contribution >= 0.6 is 0 Å². The van der Waals surface area contributed by atoms with Gasteiger partial charge in [0.15, 0.2) is 0 Å². The van der Waals surface area contributed by atoms with Crippen LogP contribution in [0, 0.1) is 0 Å². The van der Waals surface area contributed by atoms with Crippen LogP contribution in [0.3, 0.4) is 0 Å². The van der Waals surface area contributed by atoms with Crippen molar-refractivity contribution in [3.8, 4) is 5.75 Å². The molecule has 2 aliphatic heterocycles. The van der Waals surface area contributed by atoms with E-state index in [1.807, 2.05) is 0 Å². The SMILES string of the molecule is CCN1c2cccc3c2N(c2c(OC)cccc2C3(C)C)[C@H]1C. The van der Waals surface area contributed by atoms with E-state index < -0.39 is 0 Å². The largest absolute Gasteiger partial charge is 0.495 e. The minimum Gasteiger partial charge on any atom is -0.495 e. The van der Waals surface area contributed by atoms with E-state index in [1.165, 1.54) is 28.2 Å². The predicted octanol–water partition coefficient (Wildman–Crippen LogP) is 4.66. The third kappa shape index (κ3) is 1.65. The smallest absolute Gasteiger partial charge is 0.142 e. The van der Waals surface area contributed by atoms with E-state index in [4.69, 9.17) is 4.74 Å². The number of nitrogens with zero attached hydrogens (tertiary/aromatic N) is 2. The first-order valence-electron chi connectivity index (χ1n) is 8.39. The molecule has 3 nitrogen and oxygen atoms in total. The number of para-hydroxylation sites is 2. The normalized spacial score (nSPS) is 20.3. The molecule has 0 bridgehead atoms. The van der Waals surface area contributed by atoms with Gasteiger partial charge in [0.25, 0.3) is 0 Å². The lowest BCUT2D eigenvalue weighted by atomic mass is 9.73. The van der Waals surface area contributed by atoms with Crippen molar-refractivity contribution in [2.24, 2.45) is 0 Å². The molecule has 2 aliphatic rings. The molecular formula is C20H24N2O. The highest BCUT2D eigenvalue weighted by atomic mass is 16.5. The van der Waals surface area contributed by atoms with Gasteiger partial charge < -0.3 is 14.5 Å². The zero-order valence-electron chi connectivity index (χ0n) is 14.6. The number of anilines is 3. The molecule has 23 heavy (non-hydrogen) atoms. The standard InChI is InChI=1S/C20H24N2O/c1-6-21-13(2)22-18-14(9-7-11-16(18)21)20(3,4)15-10-8-12-17(23-5)19(15)22/h7-13H,6H2,1-5H3/t13-/m0/s1. The summed E-state index contributed by atoms with van der Waals surface area (Å²) >= 11 is 0. The molecule has 2 heterocycles. The van der Waals surface area contributed by atoms with Gasteiger partial charge in [-0.3, -0.25) is 0 Å². The molecule has 0 spiro atoms. The number of methoxy groups -OCH3 is 1. The fraction of sp³-hybridized carbons (Fsp3) is 0.400. The summed E-state index contributed by atoms with van der Waals surface area (Å²) in [6.45, 7) is 10.1. The van der Waals surface area contributed by atoms with Gasteiger partial charge in [0.2, 0.25) is 0 Å². The van der Waals surface area contributed by atoms with Crippen molar-refractivity contribution in [3.05, 3.63) is 47.5 Å². The summed E-state index contributed by atoms with van der Waals surface area (Å²) < 4.78 is 5.73. The first-order chi connectivity index (χ1) is 11.0. The van der Waals surface area contributed by atoms with Crippen molar-refractivity contribution in [1.29, 1.82) is 0 Å². The van der Waals surface area contributed by atoms with E-state index >= 15 is 0 Å². The minimum atomic E-state index is -0.0326. The quantitative estimate of drug-likeness (QED) is 0.802. The van der Waals surface area contributed by atoms with E-state index in [0.29, 0.717) is 6.17 Å². The molecule has 0 unspecified atom stereocenters. The fourth-order valence-corrected chi connectivity index (χ4v) is 4.37. The molecule has 0 radical (unpaired) electrons. The maximum Gasteiger partial charge on any atom is 0.142 e. The molecule has 4 rings (SSSR count). The molecule has 2 aromatic carbocycles. The highest BCUT2D eigenvalue weighted by Crippen LogP contribution is 2.58. The molecule has 0 fully saturated rings. The van der Waals surface area contributed by atoms with Crippen molar-refractivity contribution in [2.45, 2.75) is 39.3 Å². The third-order valence-corrected chi connectivity index (χ3v) is 5.54. The van der Waals surface area contributed by atoms with Crippen LogP contribution in [-0.4, -0.2) is 19.8 Å². The van der Waals surface area contributed by atoms with E-state index in [9.17, 15) is 0 Å². The Kier molecular flexibility index (Phi) is 2.93. The molecule has 2 aromatic rings. The first kappa shape index (κ1) is 14.4. The van der Waals surface area contributed by atoms with Crippen molar-refractivity contribution in [1.82, 2.24) is 0 Å². The Morgan fingerprint density at radius 3 is 2.35 bits per heavy atom. The number of benzene rings is 2. The van der Waals surface area contributed by atoms with Crippen LogP contribution in [-0.2, 0) is 5.41 Å². The molecule has 1 atom stereocenters. The number of fused-ring (bicyclic) bond motifs is 2. The number of ether oxygens (including phenoxy) is 1. The van der Waals surface area contributed by atoms with Gasteiger partial charge in [0.1, 0.15) is 11.9 Å². The molecule has 0 N–H and O–H groups in total. The van der Waals surface area contributed by atoms with Gasteiger partial charge in [-0.25, -0.2) is 0 Å². The molecule has 0 saturated heterocycles. The second kappa shape index (κ2) is 4.67. The minimum absolute atomic E-state index is 0.0326. The second-order valence-electron chi connectivity index (χ2n) is 6.94. The molecule has 0 aromatic heterocycles. The highest BCUT2D eigenvalue weighted by Gasteiger charge is 2.45. The number of rotatable bonds is 2. The zero-order valence-corrected chi connectivity index (χ0v) is 14.6. The summed E-state index contributed by atoms with van der Waals surface area (Å²) in [5.74, 6) is 0.959. The highest BCUT2D eigenvalue weighted by molar-refractivity contribution is 5.93. The Balaban J connectivity index is 2.10. The Labute approximate surface area is 138 Å². The lowest BCUT2D eigenvalue weighted by Crippen LogP contribution is -2.41. The van der Waals surface area contributed by atoms with Crippen LogP contribution in [0.5, 0.6) is 5.75 Å². The molecule has 0 saturated carbocycles. The van der Waals surface area contributed by atoms with Gasteiger partial charge in [-0.1, -0.05) is 38.1 Å². The van der Waals surface area contributed by atoms with Crippen LogP contribution in [0.15, 0.2) is 36.4 Å². The summed E-state index contributed by atoms with van der Waals surface area (Å²) in [5.41, 5.74) is 6.62. The van der Waals surface area contributed by atoms with Crippen molar-refractivity contribution in [2.75, 3.05) is 23.5 Å². The number of hydrogen-bond donors (Lipinski definition) is 0. The summed E-state index contributed by atoms with van der Waals surface area (Å²) in [5, 5.41) is 0. The Hall–Kier alpha value is -2.16. The number of hydrogen-bond acceptors (Lipinski definition) is 3. The predicted molar refractivity (Wildman–Crippen MR) is 96.2 cm³/mol. The van der Waals surface area contributed by atoms with E-state index in [0.717, 1.165) is 12.3 Å². The van der Waals surface area contributed by atoms with Gasteiger partial charge in [-0.2, -0.15) is 0 Å². The second-order valence-corrected chi connectivity index (χ2v) is 6.94. The van der Waals surface area contributed by atoms with Gasteiger partial charge in [-0.15, -0.1) is 0 Å². The van der Waals surface area contributed by atoms with Crippen LogP contribution in [0.25, 0.3) is 0 Å². The van der Waals surface area contributed by atoms with Gasteiger partial charge in [-0.05, 0) is 37.1 Å². The maximum atomic E-state index is 5.73. The molecule has 0 amide bonds. The van der Waals surface area contributed by atoms with Crippen LogP contribution in [0.2, 0.25) is 0 Å². The van der Waals surface area contributed by atoms with Crippen molar-refractivity contribution < 1.29 is 4.74 Å². The Bertz CT molecular complexity index is 781. The van der Waals surface area contributed by atoms with E-state index in [2.05, 4.69) is 73.9 Å². The average Bonchev–Trinajstić information content (AvgIpc) is 2.84. The third-order valence-electron chi connectivity index (χ3n) is 5.54. The topological polar surface area (TPSA) is 15.7 Å². The van der Waals surface area contributed by atoms with Gasteiger partial charge in [0.05, 0.1) is 24.2 Å². The first-order valence-corrected chi connectivity index (χ1v) is 8.39. The van der Waals surface area contributed by atoms with Gasteiger partial charge >= 0.3 is 0 Å². The maximum absolute atomic E-state index is 5.73. The molecule has 120 valence electrons. The fourth-order valence-electron chi connectivity index (χ4n) is 4.37. The van der Waals surface area contributed by atoms with Gasteiger partial charge in [0, 0.05) is 12.0 Å². The monoisotopic (exact) mass is 308 g/mol. The van der Waals surface area contributed by atoms with Crippen molar-refractivity contribution in [3.63, 3.8) is 0 Å². The molecular weight excluding hydrogens is 284 g/mol. The Morgan fingerprint density at radius 1 is 1.04 bits per heavy atom. The zero-order chi connectivity index (χ0) is 16.4. The summed E-state index contributed by atoms with van der Waals surface area (Å²) in [7, 11) is 1.77. The van der Waals surface area contributed by atoms with Crippen molar-refractivity contribution >= 4 is 17.1 Å². The lowest BCUT2D eigenvalue weighted by Gasteiger charge is -2.41. The summed E-state index contributed by atoms with van der Waals surface area (Å²) in [4.78, 5) is 4.93. The Morgan fingerprint density at radius 2 is 1.70 bits per heavy atom. The van der Waals surface area contributed by atoms with Crippen LogP contribution in [0.1, 0.15) is 38.8 Å². The van der Waals surface area contributed by atoms with E-state index in [-0.39, 0.29) is 5.41 Å². The van der Waals surface area contributed by atoms with Crippen LogP contribution in [0.4, 0.5) is 17.1 Å². The summed E-state index contributed by atoms with van der Waals surface area (Å²) in [6, 6.07) is 13.1. The van der Waals surface area contributed by atoms with E-state index in [1.54, 1.807) is 7.11 Å². The van der Waals surface area contributed by atoms with Crippen LogP contribution < -0.4 is 14.5 Å². The summed E-state index contributed by atoms with van der Waals surface area (Å²) in [6.07, 6.45) is 0.294. The molecule has 3 heteroatoms.